The SMILES string of the molecule is CC(=O)N(CCC(=O)N1CCCc2cc(Br)cc(F)c21)Cc1ccccc1. The molecular formula is C21H22BrFN2O2. The van der Waals surface area contributed by atoms with Gasteiger partial charge in [-0.05, 0) is 36.1 Å². The zero-order valence-corrected chi connectivity index (χ0v) is 16.8. The van der Waals surface area contributed by atoms with Crippen LogP contribution in [0.15, 0.2) is 46.9 Å². The number of nitrogens with zero attached hydrogens (tertiary/aromatic N) is 2. The second kappa shape index (κ2) is 8.65. The third kappa shape index (κ3) is 4.75. The molecule has 27 heavy (non-hydrogen) atoms. The molecule has 2 aromatic rings. The molecule has 4 nitrogen and oxygen atoms in total. The van der Waals surface area contributed by atoms with Gasteiger partial charge in [0.2, 0.25) is 11.8 Å². The highest BCUT2D eigenvalue weighted by atomic mass is 79.9. The fourth-order valence-corrected chi connectivity index (χ4v) is 3.90. The second-order valence-electron chi connectivity index (χ2n) is 6.72. The van der Waals surface area contributed by atoms with E-state index in [1.54, 1.807) is 4.90 Å². The Kier molecular flexibility index (Phi) is 6.26. The van der Waals surface area contributed by atoms with Crippen molar-refractivity contribution in [2.45, 2.75) is 32.7 Å². The number of aryl methyl sites for hydroxylation is 1. The molecule has 1 aliphatic heterocycles. The van der Waals surface area contributed by atoms with Gasteiger partial charge in [0.25, 0.3) is 0 Å². The van der Waals surface area contributed by atoms with Gasteiger partial charge < -0.3 is 9.80 Å². The van der Waals surface area contributed by atoms with E-state index in [0.717, 1.165) is 24.0 Å². The van der Waals surface area contributed by atoms with E-state index < -0.39 is 0 Å². The van der Waals surface area contributed by atoms with E-state index in [9.17, 15) is 14.0 Å². The number of carbonyl (C=O) groups excluding carboxylic acids is 2. The average molecular weight is 433 g/mol. The molecule has 0 bridgehead atoms. The Labute approximate surface area is 167 Å². The van der Waals surface area contributed by atoms with E-state index in [1.165, 1.54) is 17.9 Å². The Bertz CT molecular complexity index is 842. The van der Waals surface area contributed by atoms with Gasteiger partial charge in [-0.25, -0.2) is 4.39 Å². The van der Waals surface area contributed by atoms with E-state index >= 15 is 0 Å². The van der Waals surface area contributed by atoms with Crippen LogP contribution in [0.2, 0.25) is 0 Å². The van der Waals surface area contributed by atoms with Crippen LogP contribution in [-0.2, 0) is 22.6 Å². The highest BCUT2D eigenvalue weighted by Gasteiger charge is 2.26. The largest absolute Gasteiger partial charge is 0.338 e. The van der Waals surface area contributed by atoms with Gasteiger partial charge in [-0.15, -0.1) is 0 Å². The lowest BCUT2D eigenvalue weighted by Crippen LogP contribution is -2.39. The van der Waals surface area contributed by atoms with Crippen LogP contribution in [-0.4, -0.2) is 29.8 Å². The van der Waals surface area contributed by atoms with Crippen molar-refractivity contribution in [2.75, 3.05) is 18.0 Å². The first-order valence-electron chi connectivity index (χ1n) is 9.03. The van der Waals surface area contributed by atoms with Crippen molar-refractivity contribution >= 4 is 33.4 Å². The number of benzene rings is 2. The van der Waals surface area contributed by atoms with Gasteiger partial charge in [-0.2, -0.15) is 0 Å². The maximum atomic E-state index is 14.5. The first-order chi connectivity index (χ1) is 13.0. The molecule has 0 aromatic heterocycles. The van der Waals surface area contributed by atoms with E-state index in [1.807, 2.05) is 36.4 Å². The molecule has 0 fully saturated rings. The molecule has 1 aliphatic rings. The summed E-state index contributed by atoms with van der Waals surface area (Å²) < 4.78 is 15.1. The third-order valence-electron chi connectivity index (χ3n) is 4.76. The van der Waals surface area contributed by atoms with Gasteiger partial charge in [0.15, 0.2) is 0 Å². The number of halogens is 2. The van der Waals surface area contributed by atoms with Crippen molar-refractivity contribution in [1.82, 2.24) is 4.90 Å². The van der Waals surface area contributed by atoms with E-state index in [-0.39, 0.29) is 24.1 Å². The van der Waals surface area contributed by atoms with Gasteiger partial charge >= 0.3 is 0 Å². The molecule has 0 radical (unpaired) electrons. The molecule has 0 aliphatic carbocycles. The summed E-state index contributed by atoms with van der Waals surface area (Å²) in [5, 5.41) is 0. The molecule has 3 rings (SSSR count). The number of rotatable bonds is 5. The van der Waals surface area contributed by atoms with Gasteiger partial charge in [0.1, 0.15) is 5.82 Å². The number of amides is 2. The van der Waals surface area contributed by atoms with Crippen LogP contribution in [0.3, 0.4) is 0 Å². The third-order valence-corrected chi connectivity index (χ3v) is 5.22. The van der Waals surface area contributed by atoms with Crippen molar-refractivity contribution in [3.8, 4) is 0 Å². The minimum atomic E-state index is -0.389. The highest BCUT2D eigenvalue weighted by molar-refractivity contribution is 9.10. The van der Waals surface area contributed by atoms with Crippen molar-refractivity contribution in [3.63, 3.8) is 0 Å². The quantitative estimate of drug-likeness (QED) is 0.706. The van der Waals surface area contributed by atoms with Crippen molar-refractivity contribution in [3.05, 3.63) is 63.9 Å². The standard InChI is InChI=1S/C21H22BrFN2O2/c1-15(26)24(14-16-6-3-2-4-7-16)11-9-20(27)25-10-5-8-17-12-18(22)13-19(23)21(17)25/h2-4,6-7,12-13H,5,8-11,14H2,1H3. The van der Waals surface area contributed by atoms with Gasteiger partial charge in [-0.3, -0.25) is 9.59 Å². The monoisotopic (exact) mass is 432 g/mol. The van der Waals surface area contributed by atoms with E-state index in [0.29, 0.717) is 29.8 Å². The summed E-state index contributed by atoms with van der Waals surface area (Å²) in [6.45, 7) is 2.78. The van der Waals surface area contributed by atoms with E-state index in [2.05, 4.69) is 15.9 Å². The highest BCUT2D eigenvalue weighted by Crippen LogP contribution is 2.33. The predicted molar refractivity (Wildman–Crippen MR) is 107 cm³/mol. The number of carbonyl (C=O) groups is 2. The minimum Gasteiger partial charge on any atom is -0.338 e. The first-order valence-corrected chi connectivity index (χ1v) is 9.82. The van der Waals surface area contributed by atoms with Crippen LogP contribution in [0.5, 0.6) is 0 Å². The van der Waals surface area contributed by atoms with Gasteiger partial charge in [0.05, 0.1) is 5.69 Å². The molecule has 0 saturated carbocycles. The number of anilines is 1. The summed E-state index contributed by atoms with van der Waals surface area (Å²) in [6.07, 6.45) is 1.72. The smallest absolute Gasteiger partial charge is 0.228 e. The van der Waals surface area contributed by atoms with Gasteiger partial charge in [-0.1, -0.05) is 46.3 Å². The van der Waals surface area contributed by atoms with Crippen molar-refractivity contribution in [2.24, 2.45) is 0 Å². The van der Waals surface area contributed by atoms with Crippen LogP contribution >= 0.6 is 15.9 Å². The number of fused-ring (bicyclic) bond motifs is 1. The summed E-state index contributed by atoms with van der Waals surface area (Å²) in [7, 11) is 0. The molecule has 0 atom stereocenters. The fraction of sp³-hybridized carbons (Fsp3) is 0.333. The lowest BCUT2D eigenvalue weighted by atomic mass is 10.0. The lowest BCUT2D eigenvalue weighted by Gasteiger charge is -2.31. The summed E-state index contributed by atoms with van der Waals surface area (Å²) in [6, 6.07) is 12.9. The van der Waals surface area contributed by atoms with E-state index in [4.69, 9.17) is 0 Å². The second-order valence-corrected chi connectivity index (χ2v) is 7.64. The van der Waals surface area contributed by atoms with Crippen molar-refractivity contribution in [1.29, 1.82) is 0 Å². The van der Waals surface area contributed by atoms with Crippen LogP contribution in [0, 0.1) is 5.82 Å². The maximum Gasteiger partial charge on any atom is 0.228 e. The zero-order valence-electron chi connectivity index (χ0n) is 15.3. The fourth-order valence-electron chi connectivity index (χ4n) is 3.42. The Morgan fingerprint density at radius 1 is 1.22 bits per heavy atom. The van der Waals surface area contributed by atoms with Crippen molar-refractivity contribution < 1.29 is 14.0 Å². The van der Waals surface area contributed by atoms with Crippen LogP contribution in [0.1, 0.15) is 30.9 Å². The normalized spacial score (nSPS) is 13.2. The molecule has 2 amide bonds. The lowest BCUT2D eigenvalue weighted by molar-refractivity contribution is -0.130. The van der Waals surface area contributed by atoms with Crippen LogP contribution in [0.25, 0.3) is 0 Å². The Morgan fingerprint density at radius 2 is 1.96 bits per heavy atom. The van der Waals surface area contributed by atoms with Crippen LogP contribution in [0.4, 0.5) is 10.1 Å². The molecule has 0 unspecified atom stereocenters. The molecule has 1 heterocycles. The Morgan fingerprint density at radius 3 is 2.67 bits per heavy atom. The Balaban J connectivity index is 1.69. The average Bonchev–Trinajstić information content (AvgIpc) is 2.64. The summed E-state index contributed by atoms with van der Waals surface area (Å²) in [4.78, 5) is 27.9. The first kappa shape index (κ1) is 19.5. The van der Waals surface area contributed by atoms with Gasteiger partial charge in [0, 0.05) is 37.5 Å². The summed E-state index contributed by atoms with van der Waals surface area (Å²) in [5.41, 5.74) is 2.24. The molecule has 2 aromatic carbocycles. The zero-order chi connectivity index (χ0) is 19.4. The molecular weight excluding hydrogens is 411 g/mol. The van der Waals surface area contributed by atoms with Crippen LogP contribution < -0.4 is 4.90 Å². The molecule has 0 spiro atoms. The maximum absolute atomic E-state index is 14.5. The number of hydrogen-bond acceptors (Lipinski definition) is 2. The molecule has 6 heteroatoms. The Hall–Kier alpha value is -2.21. The minimum absolute atomic E-state index is 0.0826. The summed E-state index contributed by atoms with van der Waals surface area (Å²) >= 11 is 3.31. The molecule has 0 saturated heterocycles. The number of hydrogen-bond donors (Lipinski definition) is 0. The molecule has 0 N–H and O–H groups in total. The predicted octanol–water partition coefficient (Wildman–Crippen LogP) is 4.31. The summed E-state index contributed by atoms with van der Waals surface area (Å²) in [5.74, 6) is -0.627. The topological polar surface area (TPSA) is 40.6 Å². The molecule has 142 valence electrons.